The Labute approximate surface area is 99.4 Å². The van der Waals surface area contributed by atoms with E-state index in [0.29, 0.717) is 0 Å². The van der Waals surface area contributed by atoms with Gasteiger partial charge in [0.15, 0.2) is 5.69 Å². The Morgan fingerprint density at radius 1 is 1.22 bits per heavy atom. The van der Waals surface area contributed by atoms with Gasteiger partial charge < -0.3 is 0 Å². The number of para-hydroxylation sites is 2. The molecule has 18 heavy (non-hydrogen) atoms. The maximum Gasteiger partial charge on any atom is 0.435 e. The first-order chi connectivity index (χ1) is 8.52. The molecule has 0 radical (unpaired) electrons. The van der Waals surface area contributed by atoms with E-state index in [9.17, 15) is 18.0 Å². The van der Waals surface area contributed by atoms with Crippen LogP contribution in [0.4, 0.5) is 18.9 Å². The lowest BCUT2D eigenvalue weighted by molar-refractivity contribution is -0.141. The fourth-order valence-corrected chi connectivity index (χ4v) is 1.41. The molecule has 2 aromatic rings. The van der Waals surface area contributed by atoms with E-state index in [-0.39, 0.29) is 11.4 Å². The number of alkyl halides is 3. The van der Waals surface area contributed by atoms with Crippen molar-refractivity contribution >= 4 is 11.8 Å². The van der Waals surface area contributed by atoms with Gasteiger partial charge in [0.05, 0.1) is 5.69 Å². The number of hydrogen-bond donors (Lipinski definition) is 0. The zero-order valence-corrected chi connectivity index (χ0v) is 8.85. The van der Waals surface area contributed by atoms with Crippen LogP contribution in [0.5, 0.6) is 0 Å². The summed E-state index contributed by atoms with van der Waals surface area (Å²) in [7, 11) is 0. The predicted molar refractivity (Wildman–Crippen MR) is 56.3 cm³/mol. The molecule has 0 unspecified atom stereocenters. The van der Waals surface area contributed by atoms with Crippen molar-refractivity contribution in [1.29, 1.82) is 0 Å². The van der Waals surface area contributed by atoms with E-state index >= 15 is 0 Å². The topological polar surface area (TPSA) is 47.2 Å². The molecule has 0 aliphatic carbocycles. The summed E-state index contributed by atoms with van der Waals surface area (Å²) in [5.41, 5.74) is -0.534. The minimum Gasteiger partial charge on any atom is -0.238 e. The Morgan fingerprint density at radius 2 is 1.94 bits per heavy atom. The molecular weight excluding hydrogens is 247 g/mol. The van der Waals surface area contributed by atoms with Crippen molar-refractivity contribution in [2.24, 2.45) is 4.99 Å². The van der Waals surface area contributed by atoms with Crippen LogP contribution in [0.1, 0.15) is 5.69 Å². The quantitative estimate of drug-likeness (QED) is 0.610. The molecule has 0 saturated heterocycles. The number of aromatic nitrogens is 2. The Kier molecular flexibility index (Phi) is 2.99. The fourth-order valence-electron chi connectivity index (χ4n) is 1.41. The molecule has 0 N–H and O–H groups in total. The molecule has 92 valence electrons. The molecule has 0 bridgehead atoms. The van der Waals surface area contributed by atoms with Crippen LogP contribution in [0.3, 0.4) is 0 Å². The Balaban J connectivity index is 2.50. The molecule has 2 rings (SSSR count). The van der Waals surface area contributed by atoms with Crippen LogP contribution in [-0.2, 0) is 11.0 Å². The van der Waals surface area contributed by atoms with Crippen LogP contribution in [-0.4, -0.2) is 15.9 Å². The van der Waals surface area contributed by atoms with Crippen LogP contribution in [0.15, 0.2) is 41.5 Å². The van der Waals surface area contributed by atoms with E-state index in [1.165, 1.54) is 18.2 Å². The number of hydrogen-bond acceptors (Lipinski definition) is 3. The molecular formula is C11H6F3N3O. The Morgan fingerprint density at radius 3 is 2.56 bits per heavy atom. The lowest BCUT2D eigenvalue weighted by atomic mass is 10.3. The highest BCUT2D eigenvalue weighted by atomic mass is 19.4. The summed E-state index contributed by atoms with van der Waals surface area (Å²) in [4.78, 5) is 13.6. The second kappa shape index (κ2) is 4.46. The average molecular weight is 253 g/mol. The molecule has 4 nitrogen and oxygen atoms in total. The normalized spacial score (nSPS) is 11.1. The molecule has 0 atom stereocenters. The lowest BCUT2D eigenvalue weighted by Gasteiger charge is -2.04. The third-order valence-corrected chi connectivity index (χ3v) is 2.17. The molecule has 1 aromatic heterocycles. The van der Waals surface area contributed by atoms with Gasteiger partial charge in [-0.3, -0.25) is 0 Å². The van der Waals surface area contributed by atoms with Crippen molar-refractivity contribution in [3.8, 4) is 5.69 Å². The van der Waals surface area contributed by atoms with Crippen LogP contribution in [0.25, 0.3) is 5.69 Å². The van der Waals surface area contributed by atoms with Crippen molar-refractivity contribution in [2.45, 2.75) is 6.18 Å². The second-order valence-electron chi connectivity index (χ2n) is 3.34. The van der Waals surface area contributed by atoms with E-state index in [1.54, 1.807) is 12.1 Å². The van der Waals surface area contributed by atoms with E-state index in [0.717, 1.165) is 16.9 Å². The summed E-state index contributed by atoms with van der Waals surface area (Å²) >= 11 is 0. The predicted octanol–water partition coefficient (Wildman–Crippen LogP) is 2.86. The number of rotatable bonds is 2. The number of carbonyl (C=O) groups excluding carboxylic acids is 1. The molecule has 1 heterocycles. The zero-order valence-electron chi connectivity index (χ0n) is 8.85. The van der Waals surface area contributed by atoms with Gasteiger partial charge in [0, 0.05) is 6.20 Å². The van der Waals surface area contributed by atoms with Gasteiger partial charge in [0.2, 0.25) is 6.08 Å². The van der Waals surface area contributed by atoms with E-state index < -0.39 is 11.9 Å². The monoisotopic (exact) mass is 253 g/mol. The third-order valence-electron chi connectivity index (χ3n) is 2.17. The first kappa shape index (κ1) is 12.1. The summed E-state index contributed by atoms with van der Waals surface area (Å²) < 4.78 is 38.2. The highest BCUT2D eigenvalue weighted by Gasteiger charge is 2.33. The maximum absolute atomic E-state index is 12.4. The number of benzene rings is 1. The molecule has 0 fully saturated rings. The van der Waals surface area contributed by atoms with Crippen molar-refractivity contribution < 1.29 is 18.0 Å². The lowest BCUT2D eigenvalue weighted by Crippen LogP contribution is -2.07. The maximum atomic E-state index is 12.4. The van der Waals surface area contributed by atoms with Crippen LogP contribution < -0.4 is 0 Å². The van der Waals surface area contributed by atoms with Crippen molar-refractivity contribution in [1.82, 2.24) is 9.78 Å². The van der Waals surface area contributed by atoms with Crippen LogP contribution in [0.2, 0.25) is 0 Å². The largest absolute Gasteiger partial charge is 0.435 e. The SMILES string of the molecule is O=C=Nc1ccccc1-n1ccc(C(F)(F)F)n1. The summed E-state index contributed by atoms with van der Waals surface area (Å²) in [5.74, 6) is 0. The minimum atomic E-state index is -4.51. The highest BCUT2D eigenvalue weighted by molar-refractivity contribution is 5.61. The molecule has 1 aromatic carbocycles. The number of nitrogens with zero attached hydrogens (tertiary/aromatic N) is 3. The van der Waals surface area contributed by atoms with Gasteiger partial charge in [0.1, 0.15) is 5.69 Å². The zero-order chi connectivity index (χ0) is 13.2. The van der Waals surface area contributed by atoms with Gasteiger partial charge in [0.25, 0.3) is 0 Å². The fraction of sp³-hybridized carbons (Fsp3) is 0.0909. The molecule has 7 heteroatoms. The first-order valence-corrected chi connectivity index (χ1v) is 4.82. The van der Waals surface area contributed by atoms with Crippen LogP contribution in [0, 0.1) is 0 Å². The van der Waals surface area contributed by atoms with Crippen molar-refractivity contribution in [3.63, 3.8) is 0 Å². The van der Waals surface area contributed by atoms with E-state index in [4.69, 9.17) is 0 Å². The van der Waals surface area contributed by atoms with Crippen LogP contribution >= 0.6 is 0 Å². The Bertz CT molecular complexity index is 612. The minimum absolute atomic E-state index is 0.198. The highest BCUT2D eigenvalue weighted by Crippen LogP contribution is 2.29. The summed E-state index contributed by atoms with van der Waals surface area (Å²) in [5, 5.41) is 3.40. The molecule has 0 aliphatic rings. The second-order valence-corrected chi connectivity index (χ2v) is 3.34. The van der Waals surface area contributed by atoms with Gasteiger partial charge in [-0.05, 0) is 18.2 Å². The van der Waals surface area contributed by atoms with E-state index in [2.05, 4.69) is 10.1 Å². The van der Waals surface area contributed by atoms with Gasteiger partial charge in [-0.1, -0.05) is 12.1 Å². The van der Waals surface area contributed by atoms with Crippen molar-refractivity contribution in [2.75, 3.05) is 0 Å². The summed E-state index contributed by atoms with van der Waals surface area (Å²) in [6.07, 6.45) is -2.01. The van der Waals surface area contributed by atoms with Gasteiger partial charge in [-0.2, -0.15) is 23.3 Å². The molecule has 0 saturated carbocycles. The third kappa shape index (κ3) is 2.31. The number of halogens is 3. The van der Waals surface area contributed by atoms with Gasteiger partial charge in [-0.25, -0.2) is 9.48 Å². The standard InChI is InChI=1S/C11H6F3N3O/c12-11(13,14)10-5-6-17(16-10)9-4-2-1-3-8(9)15-7-18/h1-6H. The van der Waals surface area contributed by atoms with Gasteiger partial charge in [-0.15, -0.1) is 0 Å². The first-order valence-electron chi connectivity index (χ1n) is 4.82. The Hall–Kier alpha value is -2.40. The van der Waals surface area contributed by atoms with Crippen molar-refractivity contribution in [3.05, 3.63) is 42.2 Å². The summed E-state index contributed by atoms with van der Waals surface area (Å²) in [6.45, 7) is 0. The average Bonchev–Trinajstić information content (AvgIpc) is 2.79. The summed E-state index contributed by atoms with van der Waals surface area (Å²) in [6, 6.07) is 7.04. The van der Waals surface area contributed by atoms with Gasteiger partial charge >= 0.3 is 6.18 Å². The molecule has 0 amide bonds. The number of aliphatic imine (C=N–C) groups is 1. The van der Waals surface area contributed by atoms with E-state index in [1.807, 2.05) is 0 Å². The smallest absolute Gasteiger partial charge is 0.238 e. The number of isocyanates is 1. The molecule has 0 spiro atoms. The molecule has 0 aliphatic heterocycles.